The Morgan fingerprint density at radius 1 is 0.676 bits per heavy atom. The van der Waals surface area contributed by atoms with Gasteiger partial charge in [-0.1, -0.05) is 96.1 Å². The summed E-state index contributed by atoms with van der Waals surface area (Å²) < 4.78 is 12.2. The zero-order valence-electron chi connectivity index (χ0n) is 22.6. The van der Waals surface area contributed by atoms with Gasteiger partial charge in [-0.3, -0.25) is 4.57 Å². The van der Waals surface area contributed by atoms with Gasteiger partial charge in [-0.2, -0.15) is 0 Å². The Morgan fingerprint density at radius 2 is 0.973 bits per heavy atom. The highest BCUT2D eigenvalue weighted by molar-refractivity contribution is 7.73. The van der Waals surface area contributed by atoms with Crippen molar-refractivity contribution in [2.75, 3.05) is 0 Å². The summed E-state index contributed by atoms with van der Waals surface area (Å²) in [5.41, 5.74) is 0.0378. The number of benzene rings is 3. The normalized spacial score (nSPS) is 13.2. The Bertz CT molecular complexity index is 1040. The third-order valence-electron chi connectivity index (χ3n) is 5.68. The van der Waals surface area contributed by atoms with Crippen LogP contribution in [0.3, 0.4) is 0 Å². The van der Waals surface area contributed by atoms with Crippen molar-refractivity contribution in [2.24, 2.45) is 10.8 Å². The quantitative estimate of drug-likeness (QED) is 0.326. The molecule has 6 nitrogen and oxygen atoms in total. The lowest BCUT2D eigenvalue weighted by Crippen LogP contribution is -2.35. The minimum atomic E-state index is -3.40. The summed E-state index contributed by atoms with van der Waals surface area (Å²) in [7, 11) is -3.40. The van der Waals surface area contributed by atoms with Crippen LogP contribution in [-0.4, -0.2) is 38.4 Å². The molecular formula is C30H41O6P. The van der Waals surface area contributed by atoms with Crippen LogP contribution in [0.4, 0.5) is 0 Å². The largest absolute Gasteiger partial charge is 0.478 e. The molecule has 0 saturated carbocycles. The van der Waals surface area contributed by atoms with Gasteiger partial charge in [0.15, 0.2) is 0 Å². The number of aromatic carboxylic acids is 1. The molecule has 3 aromatic carbocycles. The minimum Gasteiger partial charge on any atom is -0.478 e. The fraction of sp³-hybridized carbons (Fsp3) is 0.367. The first-order valence-electron chi connectivity index (χ1n) is 12.1. The number of aliphatic hydroxyl groups excluding tert-OH is 2. The Kier molecular flexibility index (Phi) is 12.4. The van der Waals surface area contributed by atoms with Crippen LogP contribution in [0, 0.1) is 10.8 Å². The molecule has 37 heavy (non-hydrogen) atoms. The number of carbonyl (C=O) groups is 1. The molecule has 0 bridgehead atoms. The molecule has 0 spiro atoms. The first-order valence-corrected chi connectivity index (χ1v) is 13.8. The summed E-state index contributed by atoms with van der Waals surface area (Å²) in [4.78, 5) is 20.2. The van der Waals surface area contributed by atoms with E-state index in [0.717, 1.165) is 0 Å². The molecule has 0 saturated heterocycles. The van der Waals surface area contributed by atoms with Gasteiger partial charge in [0.25, 0.3) is 7.37 Å². The molecule has 0 radical (unpaired) electrons. The summed E-state index contributed by atoms with van der Waals surface area (Å²) in [5.74, 6) is -0.879. The van der Waals surface area contributed by atoms with E-state index >= 15 is 0 Å². The number of carboxylic acid groups (broad SMARTS) is 1. The Morgan fingerprint density at radius 3 is 1.22 bits per heavy atom. The molecule has 202 valence electrons. The molecule has 0 aliphatic heterocycles. The van der Waals surface area contributed by atoms with Gasteiger partial charge in [0.2, 0.25) is 0 Å². The summed E-state index contributed by atoms with van der Waals surface area (Å²) in [6.07, 6.45) is -0.434. The SMILES string of the molecule is CC(C)(C)C(O)CC(O)C(C)(C)C.O=C(O)c1ccccc1.O=P(O)(c1ccccc1)c1ccccc1. The molecular weight excluding hydrogens is 487 g/mol. The van der Waals surface area contributed by atoms with Crippen molar-refractivity contribution in [3.05, 3.63) is 96.6 Å². The topological polar surface area (TPSA) is 115 Å². The van der Waals surface area contributed by atoms with E-state index in [1.807, 2.05) is 53.7 Å². The molecule has 2 unspecified atom stereocenters. The van der Waals surface area contributed by atoms with Gasteiger partial charge in [0, 0.05) is 17.0 Å². The van der Waals surface area contributed by atoms with Crippen LogP contribution in [0.15, 0.2) is 91.0 Å². The monoisotopic (exact) mass is 528 g/mol. The first-order chi connectivity index (χ1) is 17.1. The van der Waals surface area contributed by atoms with Gasteiger partial charge < -0.3 is 20.2 Å². The van der Waals surface area contributed by atoms with Gasteiger partial charge in [-0.05, 0) is 47.2 Å². The van der Waals surface area contributed by atoms with E-state index in [4.69, 9.17) is 5.11 Å². The van der Waals surface area contributed by atoms with E-state index in [1.165, 1.54) is 0 Å². The summed E-state index contributed by atoms with van der Waals surface area (Å²) >= 11 is 0. The maximum atomic E-state index is 12.2. The molecule has 4 N–H and O–H groups in total. The molecule has 0 aliphatic rings. The van der Waals surface area contributed by atoms with E-state index in [9.17, 15) is 24.5 Å². The number of aliphatic hydroxyl groups is 2. The molecule has 3 rings (SSSR count). The fourth-order valence-corrected chi connectivity index (χ4v) is 4.36. The molecule has 0 aromatic heterocycles. The second kappa shape index (κ2) is 14.3. The number of hydrogen-bond donors (Lipinski definition) is 4. The van der Waals surface area contributed by atoms with Gasteiger partial charge in [-0.15, -0.1) is 0 Å². The van der Waals surface area contributed by atoms with Crippen LogP contribution in [0.1, 0.15) is 58.3 Å². The van der Waals surface area contributed by atoms with Gasteiger partial charge >= 0.3 is 5.97 Å². The van der Waals surface area contributed by atoms with Crippen LogP contribution >= 0.6 is 7.37 Å². The third kappa shape index (κ3) is 11.4. The van der Waals surface area contributed by atoms with E-state index in [-0.39, 0.29) is 10.8 Å². The number of rotatable bonds is 5. The van der Waals surface area contributed by atoms with Crippen molar-refractivity contribution in [3.63, 3.8) is 0 Å². The van der Waals surface area contributed by atoms with Crippen molar-refractivity contribution in [1.82, 2.24) is 0 Å². The summed E-state index contributed by atoms with van der Waals surface area (Å²) in [6, 6.07) is 25.7. The standard InChI is InChI=1S/C12H11O2P.C11H24O2.C7H6O2/c13-15(14,11-7-3-1-4-8-11)12-9-5-2-6-10-12;1-10(2,3)8(12)7-9(13)11(4,5)6;8-7(9)6-4-2-1-3-5-6/h1-10H,(H,13,14);8-9,12-13H,7H2,1-6H3;1-5H,(H,8,9). The van der Waals surface area contributed by atoms with Crippen molar-refractivity contribution < 1.29 is 29.6 Å². The summed E-state index contributed by atoms with van der Waals surface area (Å²) in [5, 5.41) is 28.8. The van der Waals surface area contributed by atoms with Gasteiger partial charge in [0.05, 0.1) is 17.8 Å². The smallest absolute Gasteiger partial charge is 0.335 e. The Hall–Kier alpha value is -2.76. The molecule has 3 aromatic rings. The van der Waals surface area contributed by atoms with Crippen molar-refractivity contribution in [1.29, 1.82) is 0 Å². The maximum absolute atomic E-state index is 12.2. The lowest BCUT2D eigenvalue weighted by Gasteiger charge is -2.32. The average Bonchev–Trinajstić information content (AvgIpc) is 2.85. The van der Waals surface area contributed by atoms with E-state index in [2.05, 4.69) is 0 Å². The maximum Gasteiger partial charge on any atom is 0.335 e. The lowest BCUT2D eigenvalue weighted by atomic mass is 9.79. The van der Waals surface area contributed by atoms with Crippen LogP contribution in [0.5, 0.6) is 0 Å². The Labute approximate surface area is 221 Å². The predicted octanol–water partition coefficient (Wildman–Crippen LogP) is 5.48. The minimum absolute atomic E-state index is 0.147. The van der Waals surface area contributed by atoms with E-state index in [0.29, 0.717) is 22.6 Å². The zero-order chi connectivity index (χ0) is 28.3. The predicted molar refractivity (Wildman–Crippen MR) is 151 cm³/mol. The molecule has 7 heteroatoms. The second-order valence-electron chi connectivity index (χ2n) is 10.9. The Balaban J connectivity index is 0.000000287. The van der Waals surface area contributed by atoms with Gasteiger partial charge in [0.1, 0.15) is 0 Å². The van der Waals surface area contributed by atoms with Crippen molar-refractivity contribution in [3.8, 4) is 0 Å². The highest BCUT2D eigenvalue weighted by atomic mass is 31.2. The average molecular weight is 529 g/mol. The molecule has 0 amide bonds. The van der Waals surface area contributed by atoms with Crippen LogP contribution in [0.25, 0.3) is 0 Å². The molecule has 0 fully saturated rings. The van der Waals surface area contributed by atoms with Crippen molar-refractivity contribution in [2.45, 2.75) is 60.2 Å². The summed E-state index contributed by atoms with van der Waals surface area (Å²) in [6.45, 7) is 11.9. The fourth-order valence-electron chi connectivity index (χ4n) is 2.91. The molecule has 2 atom stereocenters. The number of hydrogen-bond acceptors (Lipinski definition) is 4. The van der Waals surface area contributed by atoms with E-state index in [1.54, 1.807) is 78.9 Å². The highest BCUT2D eigenvalue weighted by Gasteiger charge is 2.30. The molecule has 0 heterocycles. The van der Waals surface area contributed by atoms with Gasteiger partial charge in [-0.25, -0.2) is 4.79 Å². The van der Waals surface area contributed by atoms with Crippen LogP contribution < -0.4 is 10.6 Å². The first kappa shape index (κ1) is 32.3. The third-order valence-corrected chi connectivity index (χ3v) is 7.68. The van der Waals surface area contributed by atoms with Crippen molar-refractivity contribution >= 4 is 23.9 Å². The number of carboxylic acids is 1. The lowest BCUT2D eigenvalue weighted by molar-refractivity contribution is -0.0239. The molecule has 0 aliphatic carbocycles. The van der Waals surface area contributed by atoms with E-state index < -0.39 is 25.5 Å². The van der Waals surface area contributed by atoms with Crippen LogP contribution in [-0.2, 0) is 4.57 Å². The highest BCUT2D eigenvalue weighted by Crippen LogP contribution is 2.37. The second-order valence-corrected chi connectivity index (χ2v) is 13.1. The zero-order valence-corrected chi connectivity index (χ0v) is 23.5. The van der Waals surface area contributed by atoms with Crippen LogP contribution in [0.2, 0.25) is 0 Å².